The molecule has 2 aromatic carbocycles. The quantitative estimate of drug-likeness (QED) is 0.633. The molecule has 0 heterocycles. The van der Waals surface area contributed by atoms with E-state index in [-0.39, 0.29) is 11.5 Å². The Labute approximate surface area is 142 Å². The van der Waals surface area contributed by atoms with E-state index in [1.807, 2.05) is 68.4 Å². The molecule has 0 aliphatic rings. The summed E-state index contributed by atoms with van der Waals surface area (Å²) in [5.41, 5.74) is 4.40. The number of hydrogen-bond donors (Lipinski definition) is 2. The molecule has 0 fully saturated rings. The van der Waals surface area contributed by atoms with Gasteiger partial charge in [0.15, 0.2) is 0 Å². The van der Waals surface area contributed by atoms with Crippen molar-refractivity contribution < 1.29 is 4.79 Å². The lowest BCUT2D eigenvalue weighted by Crippen LogP contribution is -2.27. The van der Waals surface area contributed by atoms with E-state index in [2.05, 4.69) is 10.6 Å². The highest BCUT2D eigenvalue weighted by atomic mass is 16.1. The molecule has 24 heavy (non-hydrogen) atoms. The molecule has 122 valence electrons. The Morgan fingerprint density at radius 3 is 2.54 bits per heavy atom. The van der Waals surface area contributed by atoms with Gasteiger partial charge in [0, 0.05) is 18.4 Å². The lowest BCUT2D eigenvalue weighted by atomic mass is 10.1. The summed E-state index contributed by atoms with van der Waals surface area (Å²) in [6.45, 7) is 4.55. The Hall–Kier alpha value is -3.06. The fourth-order valence-corrected chi connectivity index (χ4v) is 2.20. The molecule has 0 radical (unpaired) electrons. The number of amides is 1. The summed E-state index contributed by atoms with van der Waals surface area (Å²) < 4.78 is 0. The van der Waals surface area contributed by atoms with Gasteiger partial charge in [-0.1, -0.05) is 36.4 Å². The van der Waals surface area contributed by atoms with Crippen molar-refractivity contribution in [3.63, 3.8) is 0 Å². The van der Waals surface area contributed by atoms with E-state index in [1.54, 1.807) is 0 Å². The number of anilines is 1. The van der Waals surface area contributed by atoms with Crippen molar-refractivity contribution in [2.45, 2.75) is 20.3 Å². The Morgan fingerprint density at radius 1 is 1.12 bits per heavy atom. The second-order valence-electron chi connectivity index (χ2n) is 5.60. The van der Waals surface area contributed by atoms with Crippen molar-refractivity contribution in [2.24, 2.45) is 0 Å². The van der Waals surface area contributed by atoms with Crippen LogP contribution in [0.15, 0.2) is 60.3 Å². The average molecular weight is 319 g/mol. The van der Waals surface area contributed by atoms with Gasteiger partial charge in [0.25, 0.3) is 5.91 Å². The Morgan fingerprint density at radius 2 is 1.88 bits per heavy atom. The first-order chi connectivity index (χ1) is 11.6. The standard InChI is InChI=1S/C20H21N3O/c1-15-8-9-19(12-16(15)2)23-14-18(13-21)20(24)22-11-10-17-6-4-3-5-7-17/h3-9,12,14,23H,10-11H2,1-2H3,(H,22,24)/b18-14-. The first kappa shape index (κ1) is 17.3. The zero-order valence-corrected chi connectivity index (χ0v) is 14.0. The predicted octanol–water partition coefficient (Wildman–Crippen LogP) is 3.48. The first-order valence-corrected chi connectivity index (χ1v) is 7.86. The molecule has 2 N–H and O–H groups in total. The maximum absolute atomic E-state index is 12.1. The third-order valence-corrected chi connectivity index (χ3v) is 3.80. The van der Waals surface area contributed by atoms with Crippen LogP contribution >= 0.6 is 0 Å². The van der Waals surface area contributed by atoms with Gasteiger partial charge in [-0.05, 0) is 49.1 Å². The van der Waals surface area contributed by atoms with Crippen molar-refractivity contribution in [2.75, 3.05) is 11.9 Å². The van der Waals surface area contributed by atoms with Gasteiger partial charge in [0.05, 0.1) is 0 Å². The normalized spacial score (nSPS) is 10.8. The molecule has 1 amide bonds. The summed E-state index contributed by atoms with van der Waals surface area (Å²) in [6, 6.07) is 17.7. The molecule has 0 spiro atoms. The van der Waals surface area contributed by atoms with Crippen LogP contribution in [0.3, 0.4) is 0 Å². The first-order valence-electron chi connectivity index (χ1n) is 7.86. The predicted molar refractivity (Wildman–Crippen MR) is 96.4 cm³/mol. The van der Waals surface area contributed by atoms with Crippen molar-refractivity contribution in [3.05, 3.63) is 77.0 Å². The number of nitrogens with zero attached hydrogens (tertiary/aromatic N) is 1. The van der Waals surface area contributed by atoms with Crippen LogP contribution in [0.2, 0.25) is 0 Å². The van der Waals surface area contributed by atoms with Crippen LogP contribution < -0.4 is 10.6 Å². The minimum Gasteiger partial charge on any atom is -0.360 e. The molecule has 0 atom stereocenters. The molecule has 0 aliphatic carbocycles. The topological polar surface area (TPSA) is 64.9 Å². The summed E-state index contributed by atoms with van der Waals surface area (Å²) in [5, 5.41) is 14.9. The summed E-state index contributed by atoms with van der Waals surface area (Å²) in [7, 11) is 0. The van der Waals surface area contributed by atoms with Crippen LogP contribution in [-0.2, 0) is 11.2 Å². The molecule has 4 heteroatoms. The van der Waals surface area contributed by atoms with Gasteiger partial charge in [0.2, 0.25) is 0 Å². The third-order valence-electron chi connectivity index (χ3n) is 3.80. The Balaban J connectivity index is 1.90. The van der Waals surface area contributed by atoms with E-state index in [1.165, 1.54) is 11.8 Å². The number of aryl methyl sites for hydroxylation is 2. The summed E-state index contributed by atoms with van der Waals surface area (Å²) >= 11 is 0. The van der Waals surface area contributed by atoms with Crippen LogP contribution in [0, 0.1) is 25.2 Å². The average Bonchev–Trinajstić information content (AvgIpc) is 2.59. The number of nitrogens with one attached hydrogen (secondary N) is 2. The lowest BCUT2D eigenvalue weighted by molar-refractivity contribution is -0.117. The highest BCUT2D eigenvalue weighted by Gasteiger charge is 2.08. The van der Waals surface area contributed by atoms with Gasteiger partial charge in [-0.2, -0.15) is 5.26 Å². The maximum Gasteiger partial charge on any atom is 0.263 e. The van der Waals surface area contributed by atoms with Crippen LogP contribution in [0.1, 0.15) is 16.7 Å². The van der Waals surface area contributed by atoms with Gasteiger partial charge in [-0.3, -0.25) is 4.79 Å². The molecular weight excluding hydrogens is 298 g/mol. The number of rotatable bonds is 6. The molecular formula is C20H21N3O. The number of carbonyl (C=O) groups excluding carboxylic acids is 1. The monoisotopic (exact) mass is 319 g/mol. The molecule has 4 nitrogen and oxygen atoms in total. The van der Waals surface area contributed by atoms with Gasteiger partial charge >= 0.3 is 0 Å². The largest absolute Gasteiger partial charge is 0.360 e. The van der Waals surface area contributed by atoms with Crippen LogP contribution in [0.25, 0.3) is 0 Å². The van der Waals surface area contributed by atoms with E-state index in [0.717, 1.165) is 23.2 Å². The summed E-state index contributed by atoms with van der Waals surface area (Å²) in [6.07, 6.45) is 2.18. The van der Waals surface area contributed by atoms with Crippen molar-refractivity contribution >= 4 is 11.6 Å². The van der Waals surface area contributed by atoms with E-state index < -0.39 is 0 Å². The van der Waals surface area contributed by atoms with E-state index in [0.29, 0.717) is 6.54 Å². The highest BCUT2D eigenvalue weighted by Crippen LogP contribution is 2.14. The van der Waals surface area contributed by atoms with E-state index in [4.69, 9.17) is 0 Å². The van der Waals surface area contributed by atoms with Crippen LogP contribution in [0.5, 0.6) is 0 Å². The molecule has 0 bridgehead atoms. The highest BCUT2D eigenvalue weighted by molar-refractivity contribution is 5.97. The summed E-state index contributed by atoms with van der Waals surface area (Å²) in [5.74, 6) is -0.371. The van der Waals surface area contributed by atoms with Gasteiger partial charge in [-0.25, -0.2) is 0 Å². The van der Waals surface area contributed by atoms with Gasteiger partial charge in [0.1, 0.15) is 11.6 Å². The third kappa shape index (κ3) is 4.99. The van der Waals surface area contributed by atoms with Crippen LogP contribution in [-0.4, -0.2) is 12.5 Å². The summed E-state index contributed by atoms with van der Waals surface area (Å²) in [4.78, 5) is 12.1. The Bertz CT molecular complexity index is 773. The molecule has 0 aromatic heterocycles. The zero-order chi connectivity index (χ0) is 17.4. The molecule has 0 unspecified atom stereocenters. The smallest absolute Gasteiger partial charge is 0.263 e. The molecule has 2 rings (SSSR count). The van der Waals surface area contributed by atoms with Crippen molar-refractivity contribution in [3.8, 4) is 6.07 Å². The molecule has 2 aromatic rings. The fraction of sp³-hybridized carbons (Fsp3) is 0.200. The SMILES string of the molecule is Cc1ccc(N/C=C(/C#N)C(=O)NCCc2ccccc2)cc1C. The fourth-order valence-electron chi connectivity index (χ4n) is 2.20. The number of benzene rings is 2. The minimum absolute atomic E-state index is 0.0567. The maximum atomic E-state index is 12.1. The number of carbonyl (C=O) groups is 1. The molecule has 0 saturated heterocycles. The van der Waals surface area contributed by atoms with E-state index >= 15 is 0 Å². The molecule has 0 saturated carbocycles. The van der Waals surface area contributed by atoms with Gasteiger partial charge in [-0.15, -0.1) is 0 Å². The van der Waals surface area contributed by atoms with Crippen molar-refractivity contribution in [1.82, 2.24) is 5.32 Å². The number of hydrogen-bond acceptors (Lipinski definition) is 3. The Kier molecular flexibility index (Phi) is 6.16. The minimum atomic E-state index is -0.371. The molecule has 0 aliphatic heterocycles. The lowest BCUT2D eigenvalue weighted by Gasteiger charge is -2.07. The number of nitriles is 1. The van der Waals surface area contributed by atoms with Crippen molar-refractivity contribution in [1.29, 1.82) is 5.26 Å². The second-order valence-corrected chi connectivity index (χ2v) is 5.60. The van der Waals surface area contributed by atoms with Crippen LogP contribution in [0.4, 0.5) is 5.69 Å². The zero-order valence-electron chi connectivity index (χ0n) is 14.0. The van der Waals surface area contributed by atoms with E-state index in [9.17, 15) is 10.1 Å². The second kappa shape index (κ2) is 8.54. The van der Waals surface area contributed by atoms with Gasteiger partial charge < -0.3 is 10.6 Å².